The van der Waals surface area contributed by atoms with E-state index in [2.05, 4.69) is 34.0 Å². The number of hydrogen-bond donors (Lipinski definition) is 2. The molecule has 3 rings (SSSR count). The Labute approximate surface area is 303 Å². The van der Waals surface area contributed by atoms with Crippen LogP contribution in [-0.4, -0.2) is 82.9 Å². The lowest BCUT2D eigenvalue weighted by molar-refractivity contribution is -0.165. The molecular formula is C36H49ClN4O10. The molecule has 0 aliphatic heterocycles. The minimum Gasteiger partial charge on any atom is -0.481 e. The van der Waals surface area contributed by atoms with Crippen molar-refractivity contribution in [3.63, 3.8) is 0 Å². The fourth-order valence-corrected chi connectivity index (χ4v) is 5.92. The van der Waals surface area contributed by atoms with E-state index in [9.17, 15) is 29.1 Å². The molecule has 1 atom stereocenters. The van der Waals surface area contributed by atoms with Gasteiger partial charge in [-0.15, -0.1) is 0 Å². The quantitative estimate of drug-likeness (QED) is 0.127. The van der Waals surface area contributed by atoms with Gasteiger partial charge in [-0.3, -0.25) is 24.0 Å². The number of halogens is 1. The molecule has 51 heavy (non-hydrogen) atoms. The van der Waals surface area contributed by atoms with Crippen LogP contribution in [0.1, 0.15) is 97.5 Å². The summed E-state index contributed by atoms with van der Waals surface area (Å²) in [5.74, 6) is -2.38. The summed E-state index contributed by atoms with van der Waals surface area (Å²) in [6.45, 7) is 8.87. The number of benzene rings is 1. The Morgan fingerprint density at radius 2 is 1.59 bits per heavy atom. The van der Waals surface area contributed by atoms with Gasteiger partial charge in [-0.1, -0.05) is 38.4 Å². The molecule has 1 aromatic heterocycles. The number of carboxylic acid groups (broad SMARTS) is 1. The van der Waals surface area contributed by atoms with E-state index in [1.165, 1.54) is 20.0 Å². The molecule has 0 saturated heterocycles. The summed E-state index contributed by atoms with van der Waals surface area (Å²) in [6, 6.07) is 6.12. The highest BCUT2D eigenvalue weighted by molar-refractivity contribution is 6.29. The van der Waals surface area contributed by atoms with Gasteiger partial charge in [0, 0.05) is 39.3 Å². The zero-order chi connectivity index (χ0) is 37.5. The summed E-state index contributed by atoms with van der Waals surface area (Å²) in [5.41, 5.74) is 2.60. The van der Waals surface area contributed by atoms with Crippen LogP contribution in [0.15, 0.2) is 30.6 Å². The lowest BCUT2D eigenvalue weighted by Gasteiger charge is -2.40. The smallest absolute Gasteiger partial charge is 0.306 e. The number of hydrogen-bond acceptors (Lipinski definition) is 13. The summed E-state index contributed by atoms with van der Waals surface area (Å²) < 4.78 is 20.8. The van der Waals surface area contributed by atoms with Gasteiger partial charge in [-0.25, -0.2) is 9.97 Å². The third-order valence-corrected chi connectivity index (χ3v) is 8.41. The standard InChI is InChI=1S/C36H49ClN4O10/c1-22(2)19-41(31-14-9-26(23(3)15-34(44)45)16-30(31)40-33-18-38-32(37)17-39-33)27-10-12-28(13-11-27)50-35(46)7-6-8-36(47)51-29(20-48-24(4)42)21-49-25(5)43/h9,14,16-18,22-23,27-29H,6-8,10-13,15,19-21H2,1-5H3,(H,39,40)(H,44,45)/t23-,27-,28-/m1/s1. The maximum atomic E-state index is 12.7. The number of anilines is 3. The molecule has 1 heterocycles. The average molecular weight is 733 g/mol. The molecule has 0 amide bonds. The largest absolute Gasteiger partial charge is 0.481 e. The van der Waals surface area contributed by atoms with E-state index < -0.39 is 36.0 Å². The Hall–Kier alpha value is -4.46. The van der Waals surface area contributed by atoms with Crippen molar-refractivity contribution in [3.8, 4) is 0 Å². The Kier molecular flexibility index (Phi) is 16.4. The summed E-state index contributed by atoms with van der Waals surface area (Å²) in [4.78, 5) is 69.6. The van der Waals surface area contributed by atoms with Gasteiger partial charge in [0.05, 0.1) is 30.2 Å². The molecule has 0 unspecified atom stereocenters. The van der Waals surface area contributed by atoms with Crippen LogP contribution in [0.5, 0.6) is 0 Å². The van der Waals surface area contributed by atoms with E-state index in [4.69, 9.17) is 30.5 Å². The summed E-state index contributed by atoms with van der Waals surface area (Å²) in [7, 11) is 0. The lowest BCUT2D eigenvalue weighted by atomic mass is 9.90. The SMILES string of the molecule is CC(=O)OCC(COC(C)=O)OC(=O)CCCC(=O)O[C@H]1CC[C@H](N(CC(C)C)c2ccc([C@H](C)CC(=O)O)cc2Nc2cnc(Cl)cn2)CC1. The summed E-state index contributed by atoms with van der Waals surface area (Å²) in [6.07, 6.45) is 4.87. The average Bonchev–Trinajstić information content (AvgIpc) is 3.06. The second kappa shape index (κ2) is 20.4. The number of esters is 4. The molecular weight excluding hydrogens is 684 g/mol. The van der Waals surface area contributed by atoms with Crippen LogP contribution in [-0.2, 0) is 42.9 Å². The Morgan fingerprint density at radius 1 is 0.941 bits per heavy atom. The second-order valence-electron chi connectivity index (χ2n) is 13.2. The number of carboxylic acids is 1. The number of ether oxygens (including phenoxy) is 4. The molecule has 15 heteroatoms. The topological polar surface area (TPSA) is 184 Å². The van der Waals surface area contributed by atoms with Crippen LogP contribution in [0.4, 0.5) is 17.2 Å². The third kappa shape index (κ3) is 14.7. The molecule has 1 aliphatic carbocycles. The molecule has 280 valence electrons. The number of carbonyl (C=O) groups excluding carboxylic acids is 4. The van der Waals surface area contributed by atoms with Crippen LogP contribution < -0.4 is 10.2 Å². The number of rotatable bonds is 19. The highest BCUT2D eigenvalue weighted by Gasteiger charge is 2.30. The number of aromatic nitrogens is 2. The van der Waals surface area contributed by atoms with Crippen molar-refractivity contribution in [1.29, 1.82) is 0 Å². The van der Waals surface area contributed by atoms with Gasteiger partial charge in [0.25, 0.3) is 0 Å². The molecule has 2 aromatic rings. The van der Waals surface area contributed by atoms with Gasteiger partial charge in [0.2, 0.25) is 0 Å². The maximum absolute atomic E-state index is 12.7. The fraction of sp³-hybridized carbons (Fsp3) is 0.583. The number of nitrogens with zero attached hydrogens (tertiary/aromatic N) is 3. The van der Waals surface area contributed by atoms with Gasteiger partial charge < -0.3 is 34.3 Å². The number of nitrogens with one attached hydrogen (secondary N) is 1. The van der Waals surface area contributed by atoms with E-state index in [-0.39, 0.29) is 62.1 Å². The van der Waals surface area contributed by atoms with Gasteiger partial charge in [-0.2, -0.15) is 0 Å². The first-order chi connectivity index (χ1) is 24.2. The van der Waals surface area contributed by atoms with Crippen molar-refractivity contribution in [2.45, 2.75) is 110 Å². The van der Waals surface area contributed by atoms with Crippen molar-refractivity contribution in [2.75, 3.05) is 30.0 Å². The molecule has 1 aliphatic rings. The minimum atomic E-state index is -0.945. The summed E-state index contributed by atoms with van der Waals surface area (Å²) in [5, 5.41) is 13.0. The molecule has 0 spiro atoms. The van der Waals surface area contributed by atoms with E-state index in [0.29, 0.717) is 24.6 Å². The van der Waals surface area contributed by atoms with Crippen molar-refractivity contribution in [3.05, 3.63) is 41.3 Å². The van der Waals surface area contributed by atoms with Crippen LogP contribution in [0, 0.1) is 5.92 Å². The van der Waals surface area contributed by atoms with E-state index in [1.807, 2.05) is 25.1 Å². The molecule has 2 N–H and O–H groups in total. The predicted molar refractivity (Wildman–Crippen MR) is 189 cm³/mol. The zero-order valence-corrected chi connectivity index (χ0v) is 30.6. The highest BCUT2D eigenvalue weighted by Crippen LogP contribution is 2.37. The van der Waals surface area contributed by atoms with Gasteiger partial charge in [0.1, 0.15) is 30.3 Å². The van der Waals surface area contributed by atoms with E-state index >= 15 is 0 Å². The maximum Gasteiger partial charge on any atom is 0.306 e. The van der Waals surface area contributed by atoms with E-state index in [1.54, 1.807) is 6.20 Å². The van der Waals surface area contributed by atoms with Crippen LogP contribution in [0.3, 0.4) is 0 Å². The monoisotopic (exact) mass is 732 g/mol. The highest BCUT2D eigenvalue weighted by atomic mass is 35.5. The van der Waals surface area contributed by atoms with Crippen LogP contribution in [0.25, 0.3) is 0 Å². The predicted octanol–water partition coefficient (Wildman–Crippen LogP) is 5.98. The molecule has 14 nitrogen and oxygen atoms in total. The lowest BCUT2D eigenvalue weighted by Crippen LogP contribution is -2.42. The normalized spacial score (nSPS) is 16.2. The number of carbonyl (C=O) groups is 5. The molecule has 1 fully saturated rings. The fourth-order valence-electron chi connectivity index (χ4n) is 5.82. The van der Waals surface area contributed by atoms with Crippen LogP contribution in [0.2, 0.25) is 5.15 Å². The van der Waals surface area contributed by atoms with Crippen molar-refractivity contribution < 1.29 is 48.0 Å². The second-order valence-corrected chi connectivity index (χ2v) is 13.5. The van der Waals surface area contributed by atoms with Crippen molar-refractivity contribution >= 4 is 58.6 Å². The molecule has 1 saturated carbocycles. The minimum absolute atomic E-state index is 0.00216. The van der Waals surface area contributed by atoms with Gasteiger partial charge >= 0.3 is 29.8 Å². The Morgan fingerprint density at radius 3 is 2.16 bits per heavy atom. The first kappa shape index (κ1) is 41.0. The van der Waals surface area contributed by atoms with Crippen LogP contribution >= 0.6 is 11.6 Å². The zero-order valence-electron chi connectivity index (χ0n) is 29.9. The van der Waals surface area contributed by atoms with Crippen molar-refractivity contribution in [2.24, 2.45) is 5.92 Å². The van der Waals surface area contributed by atoms with Gasteiger partial charge in [0.15, 0.2) is 6.10 Å². The number of aliphatic carboxylic acids is 1. The summed E-state index contributed by atoms with van der Waals surface area (Å²) >= 11 is 5.96. The molecule has 0 bridgehead atoms. The van der Waals surface area contributed by atoms with Gasteiger partial charge in [-0.05, 0) is 61.6 Å². The third-order valence-electron chi connectivity index (χ3n) is 8.21. The molecule has 1 aromatic carbocycles. The Balaban J connectivity index is 1.61. The Bertz CT molecular complexity index is 1460. The van der Waals surface area contributed by atoms with E-state index in [0.717, 1.165) is 36.3 Å². The first-order valence-corrected chi connectivity index (χ1v) is 17.6. The first-order valence-electron chi connectivity index (χ1n) is 17.2. The molecule has 0 radical (unpaired) electrons. The van der Waals surface area contributed by atoms with Crippen molar-refractivity contribution in [1.82, 2.24) is 9.97 Å².